The lowest BCUT2D eigenvalue weighted by Gasteiger charge is -2.27. The monoisotopic (exact) mass is 451 g/mol. The molecule has 0 bridgehead atoms. The Morgan fingerprint density at radius 1 is 1.38 bits per heavy atom. The van der Waals surface area contributed by atoms with E-state index >= 15 is 0 Å². The van der Waals surface area contributed by atoms with Gasteiger partial charge >= 0.3 is 18.2 Å². The number of amides is 2. The summed E-state index contributed by atoms with van der Waals surface area (Å²) in [6.45, 7) is 0.644. The fourth-order valence-electron chi connectivity index (χ4n) is 3.81. The quantitative estimate of drug-likeness (QED) is 0.372. The van der Waals surface area contributed by atoms with Crippen LogP contribution < -0.4 is 5.73 Å². The molecule has 2 aliphatic rings. The van der Waals surface area contributed by atoms with Gasteiger partial charge in [-0.05, 0) is 19.1 Å². The van der Waals surface area contributed by atoms with Crippen molar-refractivity contribution < 1.29 is 43.5 Å². The molecule has 0 aliphatic carbocycles. The van der Waals surface area contributed by atoms with E-state index in [0.717, 1.165) is 7.11 Å². The lowest BCUT2D eigenvalue weighted by atomic mass is 9.93. The molecule has 32 heavy (non-hydrogen) atoms. The average Bonchev–Trinajstić information content (AvgIpc) is 3.44. The summed E-state index contributed by atoms with van der Waals surface area (Å²) in [4.78, 5) is 40.3. The van der Waals surface area contributed by atoms with Crippen molar-refractivity contribution in [1.29, 1.82) is 0 Å². The Labute approximate surface area is 180 Å². The molecule has 0 saturated carbocycles. The van der Waals surface area contributed by atoms with Gasteiger partial charge in [0.15, 0.2) is 11.9 Å². The molecule has 5 atom stereocenters. The van der Waals surface area contributed by atoms with Crippen LogP contribution >= 0.6 is 0 Å². The van der Waals surface area contributed by atoms with Crippen LogP contribution in [0.3, 0.4) is 0 Å². The molecule has 0 unspecified atom stereocenters. The average molecular weight is 451 g/mol. The van der Waals surface area contributed by atoms with Crippen molar-refractivity contribution >= 4 is 29.5 Å². The molecule has 2 fully saturated rings. The van der Waals surface area contributed by atoms with Crippen LogP contribution in [0.25, 0.3) is 5.52 Å². The highest BCUT2D eigenvalue weighted by molar-refractivity contribution is 5.95. The van der Waals surface area contributed by atoms with E-state index in [1.807, 2.05) is 0 Å². The number of nitrogen functional groups attached to an aromatic ring is 1. The third-order valence-electron chi connectivity index (χ3n) is 5.57. The van der Waals surface area contributed by atoms with Crippen molar-refractivity contribution in [2.45, 2.75) is 36.9 Å². The predicted octanol–water partition coefficient (Wildman–Crippen LogP) is -1.22. The summed E-state index contributed by atoms with van der Waals surface area (Å²) >= 11 is 0. The Kier molecular flexibility index (Phi) is 5.36. The summed E-state index contributed by atoms with van der Waals surface area (Å²) in [6, 6.07) is 1.96. The third-order valence-corrected chi connectivity index (χ3v) is 5.57. The van der Waals surface area contributed by atoms with Crippen LogP contribution in [0.5, 0.6) is 0 Å². The number of ether oxygens (including phenoxy) is 4. The van der Waals surface area contributed by atoms with Gasteiger partial charge in [-0.2, -0.15) is 10.00 Å². The van der Waals surface area contributed by atoms with Crippen LogP contribution in [0.15, 0.2) is 18.5 Å². The lowest BCUT2D eigenvalue weighted by Crippen LogP contribution is -2.45. The Morgan fingerprint density at radius 3 is 2.84 bits per heavy atom. The molecular formula is C18H21N5O9. The fourth-order valence-corrected chi connectivity index (χ4v) is 3.81. The van der Waals surface area contributed by atoms with Gasteiger partial charge in [-0.1, -0.05) is 0 Å². The van der Waals surface area contributed by atoms with E-state index in [9.17, 15) is 24.6 Å². The molecule has 172 valence electrons. The van der Waals surface area contributed by atoms with Crippen LogP contribution in [0, 0.1) is 0 Å². The van der Waals surface area contributed by atoms with Gasteiger partial charge in [0.2, 0.25) is 0 Å². The van der Waals surface area contributed by atoms with Gasteiger partial charge < -0.3 is 34.9 Å². The largest absolute Gasteiger partial charge is 0.467 e. The number of cyclic esters (lactones) is 1. The summed E-state index contributed by atoms with van der Waals surface area (Å²) in [5, 5.41) is 25.3. The first kappa shape index (κ1) is 21.7. The maximum absolute atomic E-state index is 12.4. The van der Waals surface area contributed by atoms with Crippen molar-refractivity contribution in [2.24, 2.45) is 0 Å². The van der Waals surface area contributed by atoms with Crippen molar-refractivity contribution in [3.05, 3.63) is 24.2 Å². The van der Waals surface area contributed by atoms with E-state index in [2.05, 4.69) is 14.8 Å². The third kappa shape index (κ3) is 3.28. The molecule has 0 radical (unpaired) electrons. The molecule has 2 aliphatic heterocycles. The molecule has 2 amide bonds. The van der Waals surface area contributed by atoms with Crippen LogP contribution in [-0.2, 0) is 29.3 Å². The first-order chi connectivity index (χ1) is 15.2. The number of anilines is 1. The topological polar surface area (TPSA) is 188 Å². The molecule has 4 rings (SSSR count). The van der Waals surface area contributed by atoms with E-state index < -0.39 is 54.7 Å². The van der Waals surface area contributed by atoms with E-state index in [4.69, 9.17) is 19.9 Å². The normalized spacial score (nSPS) is 29.9. The SMILES string of the molecule is COC(=O)[C@H]1COC(=O)N1C(=O)OC[C@H]1O[C@@](C)(c2ccc3c(N)ncnn23)[C@H](O)[C@@H]1O. The van der Waals surface area contributed by atoms with Gasteiger partial charge in [0.1, 0.15) is 49.0 Å². The van der Waals surface area contributed by atoms with E-state index in [1.54, 1.807) is 12.1 Å². The number of nitrogens with zero attached hydrogens (tertiary/aromatic N) is 4. The predicted molar refractivity (Wildman–Crippen MR) is 102 cm³/mol. The molecule has 0 aromatic carbocycles. The molecule has 14 nitrogen and oxygen atoms in total. The van der Waals surface area contributed by atoms with Crippen LogP contribution in [0.1, 0.15) is 12.6 Å². The Balaban J connectivity index is 1.50. The number of hydrogen-bond acceptors (Lipinski definition) is 12. The van der Waals surface area contributed by atoms with E-state index in [0.29, 0.717) is 16.1 Å². The minimum Gasteiger partial charge on any atom is -0.467 e. The molecule has 0 spiro atoms. The Hall–Kier alpha value is -3.49. The van der Waals surface area contributed by atoms with E-state index in [-0.39, 0.29) is 12.4 Å². The summed E-state index contributed by atoms with van der Waals surface area (Å²) in [6.07, 6.45) is -5.03. The van der Waals surface area contributed by atoms with Crippen molar-refractivity contribution in [3.8, 4) is 0 Å². The van der Waals surface area contributed by atoms with Crippen molar-refractivity contribution in [1.82, 2.24) is 19.5 Å². The number of carbonyl (C=O) groups excluding carboxylic acids is 3. The van der Waals surface area contributed by atoms with E-state index in [1.165, 1.54) is 17.8 Å². The highest BCUT2D eigenvalue weighted by Gasteiger charge is 2.54. The standard InChI is InChI=1S/C18H21N5O9/c1-18(11-4-3-8-14(19)20-7-21-23(8)11)13(25)12(24)10(32-18)6-31-17(28)22-9(15(26)29-2)5-30-16(22)27/h3-4,7,9-10,12-13,24-25H,5-6H2,1-2H3,(H2,19,20,21)/t9-,10-,12-,13-,18+/m1/s1. The highest BCUT2D eigenvalue weighted by Crippen LogP contribution is 2.40. The second kappa shape index (κ2) is 7.89. The highest BCUT2D eigenvalue weighted by atomic mass is 16.6. The Bertz CT molecular complexity index is 1070. The number of hydrogen-bond donors (Lipinski definition) is 3. The van der Waals surface area contributed by atoms with Gasteiger partial charge in [-0.3, -0.25) is 0 Å². The maximum atomic E-state index is 12.4. The van der Waals surface area contributed by atoms with Crippen molar-refractivity contribution in [3.63, 3.8) is 0 Å². The summed E-state index contributed by atoms with van der Waals surface area (Å²) in [5.41, 5.74) is 5.26. The van der Waals surface area contributed by atoms with Gasteiger partial charge in [0, 0.05) is 0 Å². The van der Waals surface area contributed by atoms with Crippen LogP contribution in [-0.4, -0.2) is 92.5 Å². The summed E-state index contributed by atoms with van der Waals surface area (Å²) in [7, 11) is 1.10. The molecule has 4 heterocycles. The molecule has 14 heteroatoms. The second-order valence-corrected chi connectivity index (χ2v) is 7.42. The second-order valence-electron chi connectivity index (χ2n) is 7.42. The summed E-state index contributed by atoms with van der Waals surface area (Å²) < 4.78 is 21.6. The van der Waals surface area contributed by atoms with Gasteiger partial charge in [-0.15, -0.1) is 0 Å². The number of nitrogens with two attached hydrogens (primary N) is 1. The first-order valence-electron chi connectivity index (χ1n) is 9.52. The number of imide groups is 1. The number of aliphatic hydroxyl groups is 2. The van der Waals surface area contributed by atoms with Crippen LogP contribution in [0.2, 0.25) is 0 Å². The number of aliphatic hydroxyl groups excluding tert-OH is 2. The zero-order chi connectivity index (χ0) is 23.2. The first-order valence-corrected chi connectivity index (χ1v) is 9.52. The number of aromatic nitrogens is 3. The minimum absolute atomic E-state index is 0.214. The summed E-state index contributed by atoms with van der Waals surface area (Å²) in [5.74, 6) is -0.639. The zero-order valence-electron chi connectivity index (χ0n) is 17.1. The fraction of sp³-hybridized carbons (Fsp3) is 0.500. The minimum atomic E-state index is -1.44. The number of fused-ring (bicyclic) bond motifs is 1. The number of rotatable bonds is 4. The van der Waals surface area contributed by atoms with Crippen LogP contribution in [0.4, 0.5) is 15.4 Å². The molecule has 2 saturated heterocycles. The molecule has 2 aromatic heterocycles. The molecular weight excluding hydrogens is 430 g/mol. The number of carbonyl (C=O) groups is 3. The molecule has 4 N–H and O–H groups in total. The lowest BCUT2D eigenvalue weighted by molar-refractivity contribution is -0.144. The maximum Gasteiger partial charge on any atom is 0.420 e. The Morgan fingerprint density at radius 2 is 2.12 bits per heavy atom. The van der Waals surface area contributed by atoms with Crippen molar-refractivity contribution in [2.75, 3.05) is 26.1 Å². The number of esters is 1. The van der Waals surface area contributed by atoms with Gasteiger partial charge in [-0.25, -0.2) is 23.9 Å². The number of methoxy groups -OCH3 is 1. The zero-order valence-corrected chi connectivity index (χ0v) is 17.1. The van der Waals surface area contributed by atoms with Gasteiger partial charge in [0.25, 0.3) is 0 Å². The molecule has 2 aromatic rings. The smallest absolute Gasteiger partial charge is 0.420 e. The van der Waals surface area contributed by atoms with Gasteiger partial charge in [0.05, 0.1) is 12.8 Å².